The van der Waals surface area contributed by atoms with Crippen molar-refractivity contribution in [3.63, 3.8) is 0 Å². The van der Waals surface area contributed by atoms with Crippen molar-refractivity contribution in [3.8, 4) is 5.75 Å². The zero-order chi connectivity index (χ0) is 12.8. The lowest BCUT2D eigenvalue weighted by Gasteiger charge is -2.17. The Labute approximate surface area is 101 Å². The minimum Gasteiger partial charge on any atom is -0.507 e. The molecule has 0 aliphatic carbocycles. The van der Waals surface area contributed by atoms with E-state index in [1.807, 2.05) is 0 Å². The van der Waals surface area contributed by atoms with Gasteiger partial charge in [-0.25, -0.2) is 4.39 Å². The lowest BCUT2D eigenvalue weighted by molar-refractivity contribution is 0.0785. The highest BCUT2D eigenvalue weighted by molar-refractivity contribution is 5.96. The van der Waals surface area contributed by atoms with E-state index in [-0.39, 0.29) is 11.3 Å². The minimum atomic E-state index is -0.683. The van der Waals surface area contributed by atoms with Gasteiger partial charge in [0.15, 0.2) is 0 Å². The van der Waals surface area contributed by atoms with Crippen LogP contribution in [0.2, 0.25) is 0 Å². The third kappa shape index (κ3) is 3.44. The first-order valence-electron chi connectivity index (χ1n) is 5.80. The molecule has 1 rings (SSSR count). The standard InChI is InChI=1S/C13H18FNO2/c1-3-4-5-9-15(2)13(17)12-10(14)7-6-8-11(12)16/h6-8,16H,3-5,9H2,1-2H3. The Hall–Kier alpha value is -1.58. The van der Waals surface area contributed by atoms with Gasteiger partial charge in [-0.1, -0.05) is 25.8 Å². The third-order valence-electron chi connectivity index (χ3n) is 2.65. The number of hydrogen-bond acceptors (Lipinski definition) is 2. The molecule has 0 atom stereocenters. The molecular formula is C13H18FNO2. The highest BCUT2D eigenvalue weighted by Gasteiger charge is 2.19. The molecule has 4 heteroatoms. The van der Waals surface area contributed by atoms with E-state index in [1.54, 1.807) is 7.05 Å². The maximum Gasteiger partial charge on any atom is 0.260 e. The largest absolute Gasteiger partial charge is 0.507 e. The number of benzene rings is 1. The van der Waals surface area contributed by atoms with Crippen molar-refractivity contribution in [3.05, 3.63) is 29.6 Å². The van der Waals surface area contributed by atoms with Gasteiger partial charge in [-0.2, -0.15) is 0 Å². The average Bonchev–Trinajstić information content (AvgIpc) is 2.28. The molecule has 0 aromatic heterocycles. The van der Waals surface area contributed by atoms with Gasteiger partial charge in [-0.05, 0) is 18.6 Å². The number of nitrogens with zero attached hydrogens (tertiary/aromatic N) is 1. The molecule has 0 saturated carbocycles. The fourth-order valence-electron chi connectivity index (χ4n) is 1.62. The summed E-state index contributed by atoms with van der Waals surface area (Å²) in [6.45, 7) is 2.64. The van der Waals surface area contributed by atoms with Gasteiger partial charge in [0, 0.05) is 13.6 Å². The number of aromatic hydroxyl groups is 1. The van der Waals surface area contributed by atoms with Crippen molar-refractivity contribution < 1.29 is 14.3 Å². The van der Waals surface area contributed by atoms with Crippen LogP contribution in [0.15, 0.2) is 18.2 Å². The molecule has 17 heavy (non-hydrogen) atoms. The monoisotopic (exact) mass is 239 g/mol. The van der Waals surface area contributed by atoms with Gasteiger partial charge >= 0.3 is 0 Å². The van der Waals surface area contributed by atoms with Crippen molar-refractivity contribution >= 4 is 5.91 Å². The summed E-state index contributed by atoms with van der Waals surface area (Å²) in [6.07, 6.45) is 2.97. The molecule has 0 aliphatic heterocycles. The van der Waals surface area contributed by atoms with Crippen LogP contribution < -0.4 is 0 Å². The maximum absolute atomic E-state index is 13.4. The number of amides is 1. The average molecular weight is 239 g/mol. The number of hydrogen-bond donors (Lipinski definition) is 1. The Morgan fingerprint density at radius 3 is 2.71 bits per heavy atom. The topological polar surface area (TPSA) is 40.5 Å². The Bertz CT molecular complexity index is 373. The van der Waals surface area contributed by atoms with Crippen LogP contribution in [-0.2, 0) is 0 Å². The second-order valence-electron chi connectivity index (χ2n) is 4.07. The summed E-state index contributed by atoms with van der Waals surface area (Å²) in [4.78, 5) is 13.3. The van der Waals surface area contributed by atoms with Crippen LogP contribution in [0.5, 0.6) is 5.75 Å². The van der Waals surface area contributed by atoms with Crippen LogP contribution in [0.1, 0.15) is 36.5 Å². The predicted octanol–water partition coefficient (Wildman–Crippen LogP) is 2.79. The van der Waals surface area contributed by atoms with Crippen LogP contribution >= 0.6 is 0 Å². The lowest BCUT2D eigenvalue weighted by Crippen LogP contribution is -2.28. The van der Waals surface area contributed by atoms with Crippen LogP contribution in [-0.4, -0.2) is 29.5 Å². The Morgan fingerprint density at radius 1 is 1.41 bits per heavy atom. The van der Waals surface area contributed by atoms with Crippen molar-refractivity contribution in [2.75, 3.05) is 13.6 Å². The molecule has 0 heterocycles. The van der Waals surface area contributed by atoms with E-state index >= 15 is 0 Å². The van der Waals surface area contributed by atoms with Crippen molar-refractivity contribution in [1.82, 2.24) is 4.90 Å². The van der Waals surface area contributed by atoms with Gasteiger partial charge in [0.25, 0.3) is 5.91 Å². The molecule has 94 valence electrons. The third-order valence-corrected chi connectivity index (χ3v) is 2.65. The van der Waals surface area contributed by atoms with E-state index in [0.29, 0.717) is 6.54 Å². The molecule has 1 N–H and O–H groups in total. The number of unbranched alkanes of at least 4 members (excludes halogenated alkanes) is 2. The molecule has 0 unspecified atom stereocenters. The fourth-order valence-corrected chi connectivity index (χ4v) is 1.62. The number of halogens is 1. The fraction of sp³-hybridized carbons (Fsp3) is 0.462. The summed E-state index contributed by atoms with van der Waals surface area (Å²) in [5.41, 5.74) is -0.244. The molecule has 3 nitrogen and oxygen atoms in total. The molecule has 1 amide bonds. The van der Waals surface area contributed by atoms with Crippen molar-refractivity contribution in [1.29, 1.82) is 0 Å². The molecule has 0 radical (unpaired) electrons. The molecule has 0 aliphatic rings. The number of rotatable bonds is 5. The van der Waals surface area contributed by atoms with Crippen LogP contribution in [0.4, 0.5) is 4.39 Å². The van der Waals surface area contributed by atoms with E-state index in [0.717, 1.165) is 19.3 Å². The van der Waals surface area contributed by atoms with Crippen molar-refractivity contribution in [2.24, 2.45) is 0 Å². The van der Waals surface area contributed by atoms with E-state index < -0.39 is 11.7 Å². The first-order chi connectivity index (χ1) is 8.07. The van der Waals surface area contributed by atoms with Crippen LogP contribution in [0.3, 0.4) is 0 Å². The zero-order valence-electron chi connectivity index (χ0n) is 10.2. The van der Waals surface area contributed by atoms with Gasteiger partial charge in [-0.3, -0.25) is 4.79 Å². The number of phenolic OH excluding ortho intramolecular Hbond substituents is 1. The Balaban J connectivity index is 2.75. The number of phenols is 1. The minimum absolute atomic E-state index is 0.244. The molecule has 1 aromatic rings. The van der Waals surface area contributed by atoms with E-state index in [1.165, 1.54) is 23.1 Å². The highest BCUT2D eigenvalue weighted by atomic mass is 19.1. The summed E-state index contributed by atoms with van der Waals surface area (Å²) >= 11 is 0. The van der Waals surface area contributed by atoms with E-state index in [2.05, 4.69) is 6.92 Å². The summed E-state index contributed by atoms with van der Waals surface area (Å²) in [5.74, 6) is -1.47. The zero-order valence-corrected chi connectivity index (χ0v) is 10.2. The Morgan fingerprint density at radius 2 is 2.12 bits per heavy atom. The SMILES string of the molecule is CCCCCN(C)C(=O)c1c(O)cccc1F. The normalized spacial score (nSPS) is 10.3. The van der Waals surface area contributed by atoms with Crippen molar-refractivity contribution in [2.45, 2.75) is 26.2 Å². The second kappa shape index (κ2) is 6.23. The molecule has 0 saturated heterocycles. The lowest BCUT2D eigenvalue weighted by atomic mass is 10.1. The quantitative estimate of drug-likeness (QED) is 0.803. The molecule has 1 aromatic carbocycles. The smallest absolute Gasteiger partial charge is 0.260 e. The molecule has 0 bridgehead atoms. The molecular weight excluding hydrogens is 221 g/mol. The first kappa shape index (κ1) is 13.5. The van der Waals surface area contributed by atoms with Crippen LogP contribution in [0.25, 0.3) is 0 Å². The first-order valence-corrected chi connectivity index (χ1v) is 5.80. The van der Waals surface area contributed by atoms with Gasteiger partial charge in [0.1, 0.15) is 17.1 Å². The molecule has 0 fully saturated rings. The van der Waals surface area contributed by atoms with Gasteiger partial charge in [0.2, 0.25) is 0 Å². The van der Waals surface area contributed by atoms with Gasteiger partial charge in [-0.15, -0.1) is 0 Å². The predicted molar refractivity (Wildman–Crippen MR) is 64.6 cm³/mol. The molecule has 0 spiro atoms. The summed E-state index contributed by atoms with van der Waals surface area (Å²) < 4.78 is 13.4. The highest BCUT2D eigenvalue weighted by Crippen LogP contribution is 2.21. The number of carbonyl (C=O) groups is 1. The summed E-state index contributed by atoms with van der Waals surface area (Å²) in [6, 6.07) is 3.86. The van der Waals surface area contributed by atoms with Crippen LogP contribution in [0, 0.1) is 5.82 Å². The summed E-state index contributed by atoms with van der Waals surface area (Å²) in [7, 11) is 1.61. The van der Waals surface area contributed by atoms with Gasteiger partial charge < -0.3 is 10.0 Å². The number of carbonyl (C=O) groups excluding carboxylic acids is 1. The second-order valence-corrected chi connectivity index (χ2v) is 4.07. The Kier molecular flexibility index (Phi) is 4.94. The van der Waals surface area contributed by atoms with E-state index in [4.69, 9.17) is 0 Å². The van der Waals surface area contributed by atoms with E-state index in [9.17, 15) is 14.3 Å². The van der Waals surface area contributed by atoms with Gasteiger partial charge in [0.05, 0.1) is 0 Å². The summed E-state index contributed by atoms with van der Waals surface area (Å²) in [5, 5.41) is 9.49. The maximum atomic E-state index is 13.4.